The molecule has 5 rings (SSSR count). The minimum Gasteiger partial charge on any atom is -0.505 e. The van der Waals surface area contributed by atoms with Gasteiger partial charge in [-0.1, -0.05) is 72.8 Å². The molecule has 3 aromatic carbocycles. The van der Waals surface area contributed by atoms with Crippen molar-refractivity contribution in [2.24, 2.45) is 0 Å². The first kappa shape index (κ1) is 24.5. The van der Waals surface area contributed by atoms with E-state index in [-0.39, 0.29) is 35.7 Å². The molecule has 8 heteroatoms. The highest BCUT2D eigenvalue weighted by Crippen LogP contribution is 2.30. The number of carboxylic acids is 1. The van der Waals surface area contributed by atoms with Crippen molar-refractivity contribution in [3.63, 3.8) is 0 Å². The van der Waals surface area contributed by atoms with Crippen molar-refractivity contribution in [1.82, 2.24) is 14.9 Å². The number of nitrogens with zero attached hydrogens (tertiary/aromatic N) is 2. The molecule has 0 radical (unpaired) electrons. The van der Waals surface area contributed by atoms with Gasteiger partial charge in [-0.25, -0.2) is 9.78 Å². The van der Waals surface area contributed by atoms with Gasteiger partial charge >= 0.3 is 5.97 Å². The molecule has 0 bridgehead atoms. The summed E-state index contributed by atoms with van der Waals surface area (Å²) >= 11 is 0. The molecule has 8 nitrogen and oxygen atoms in total. The van der Waals surface area contributed by atoms with Crippen molar-refractivity contribution in [2.45, 2.75) is 13.1 Å². The summed E-state index contributed by atoms with van der Waals surface area (Å²) in [6.07, 6.45) is 1.41. The summed E-state index contributed by atoms with van der Waals surface area (Å²) in [5.74, 6) is -2.05. The second kappa shape index (κ2) is 10.4. The maximum Gasteiger partial charge on any atom is 0.335 e. The van der Waals surface area contributed by atoms with Crippen LogP contribution in [0.25, 0.3) is 22.0 Å². The molecule has 0 aliphatic rings. The normalized spacial score (nSPS) is 10.8. The lowest BCUT2D eigenvalue weighted by Gasteiger charge is -2.15. The highest BCUT2D eigenvalue weighted by molar-refractivity contribution is 6.01. The molecule has 0 saturated heterocycles. The Morgan fingerprint density at radius 2 is 1.55 bits per heavy atom. The van der Waals surface area contributed by atoms with Gasteiger partial charge < -0.3 is 20.1 Å². The Morgan fingerprint density at radius 3 is 2.26 bits per heavy atom. The third kappa shape index (κ3) is 4.87. The van der Waals surface area contributed by atoms with Crippen LogP contribution in [0.15, 0.2) is 102 Å². The van der Waals surface area contributed by atoms with Crippen LogP contribution in [0.2, 0.25) is 0 Å². The molecule has 0 aliphatic heterocycles. The molecular weight excluding hydrogens is 482 g/mol. The third-order valence-corrected chi connectivity index (χ3v) is 6.24. The van der Waals surface area contributed by atoms with Crippen LogP contribution in [0, 0.1) is 0 Å². The fourth-order valence-electron chi connectivity index (χ4n) is 4.32. The predicted molar refractivity (Wildman–Crippen MR) is 143 cm³/mol. The van der Waals surface area contributed by atoms with Crippen LogP contribution in [0.5, 0.6) is 5.75 Å². The zero-order valence-corrected chi connectivity index (χ0v) is 20.2. The van der Waals surface area contributed by atoms with Crippen LogP contribution in [0.1, 0.15) is 32.0 Å². The van der Waals surface area contributed by atoms with E-state index in [0.717, 1.165) is 5.56 Å². The molecule has 3 N–H and O–H groups in total. The second-order valence-electron chi connectivity index (χ2n) is 8.74. The Labute approximate surface area is 217 Å². The topological polar surface area (TPSA) is 122 Å². The van der Waals surface area contributed by atoms with E-state index in [2.05, 4.69) is 10.3 Å². The Morgan fingerprint density at radius 1 is 0.868 bits per heavy atom. The molecule has 38 heavy (non-hydrogen) atoms. The molecule has 0 unspecified atom stereocenters. The average molecular weight is 506 g/mol. The lowest BCUT2D eigenvalue weighted by atomic mass is 10.0. The Balaban J connectivity index is 1.56. The molecule has 0 atom stereocenters. The summed E-state index contributed by atoms with van der Waals surface area (Å²) in [7, 11) is 0. The molecule has 188 valence electrons. The van der Waals surface area contributed by atoms with Gasteiger partial charge in [0.2, 0.25) is 0 Å². The molecule has 0 aliphatic carbocycles. The standard InChI is InChI=1S/C30H23N3O5/c34-27-24-15-23(21-11-5-2-6-12-21)29(36)33(18-19-8-3-1-4-9-19)25(24)17-31-26(27)28(35)32-16-20-10-7-13-22(14-20)30(37)38/h1-15,17,34H,16,18H2,(H,32,35)(H,37,38). The molecule has 5 aromatic rings. The van der Waals surface area contributed by atoms with Crippen molar-refractivity contribution in [2.75, 3.05) is 0 Å². The molecule has 2 heterocycles. The van der Waals surface area contributed by atoms with Gasteiger partial charge in [0.15, 0.2) is 11.4 Å². The Bertz CT molecular complexity index is 1710. The lowest BCUT2D eigenvalue weighted by Crippen LogP contribution is -2.25. The molecule has 1 amide bonds. The maximum absolute atomic E-state index is 13.6. The van der Waals surface area contributed by atoms with E-state index in [1.165, 1.54) is 18.3 Å². The average Bonchev–Trinajstić information content (AvgIpc) is 2.94. The van der Waals surface area contributed by atoms with Gasteiger partial charge in [0.05, 0.1) is 23.8 Å². The molecule has 2 aromatic heterocycles. The number of benzene rings is 3. The van der Waals surface area contributed by atoms with Crippen LogP contribution in [-0.2, 0) is 13.1 Å². The van der Waals surface area contributed by atoms with E-state index < -0.39 is 11.9 Å². The van der Waals surface area contributed by atoms with Gasteiger partial charge in [0, 0.05) is 17.5 Å². The highest BCUT2D eigenvalue weighted by Gasteiger charge is 2.20. The van der Waals surface area contributed by atoms with Crippen molar-refractivity contribution in [3.8, 4) is 16.9 Å². The summed E-state index contributed by atoms with van der Waals surface area (Å²) in [6.45, 7) is 0.297. The number of hydrogen-bond acceptors (Lipinski definition) is 5. The minimum atomic E-state index is -1.07. The monoisotopic (exact) mass is 505 g/mol. The van der Waals surface area contributed by atoms with Crippen molar-refractivity contribution in [3.05, 3.63) is 130 Å². The maximum atomic E-state index is 13.6. The number of carbonyl (C=O) groups excluding carboxylic acids is 1. The first-order valence-electron chi connectivity index (χ1n) is 11.9. The third-order valence-electron chi connectivity index (χ3n) is 6.24. The van der Waals surface area contributed by atoms with E-state index in [4.69, 9.17) is 0 Å². The molecule has 0 saturated carbocycles. The van der Waals surface area contributed by atoms with Crippen molar-refractivity contribution in [1.29, 1.82) is 0 Å². The number of pyridine rings is 2. The van der Waals surface area contributed by atoms with E-state index in [1.807, 2.05) is 60.7 Å². The van der Waals surface area contributed by atoms with Gasteiger partial charge in [-0.05, 0) is 34.9 Å². The van der Waals surface area contributed by atoms with E-state index in [1.54, 1.807) is 22.8 Å². The van der Waals surface area contributed by atoms with Gasteiger partial charge in [-0.15, -0.1) is 0 Å². The summed E-state index contributed by atoms with van der Waals surface area (Å²) in [4.78, 5) is 42.0. The number of aromatic nitrogens is 2. The first-order chi connectivity index (χ1) is 18.4. The van der Waals surface area contributed by atoms with Gasteiger partial charge in [-0.3, -0.25) is 9.59 Å². The Kier molecular flexibility index (Phi) is 6.69. The summed E-state index contributed by atoms with van der Waals surface area (Å²) in [6, 6.07) is 26.4. The molecule has 0 fully saturated rings. The molecule has 0 spiro atoms. The van der Waals surface area contributed by atoms with Crippen LogP contribution in [0.4, 0.5) is 0 Å². The lowest BCUT2D eigenvalue weighted by molar-refractivity contribution is 0.0696. The van der Waals surface area contributed by atoms with Crippen LogP contribution in [0.3, 0.4) is 0 Å². The number of nitrogens with one attached hydrogen (secondary N) is 1. The van der Waals surface area contributed by atoms with Crippen LogP contribution >= 0.6 is 0 Å². The van der Waals surface area contributed by atoms with Gasteiger partial charge in [0.1, 0.15) is 0 Å². The largest absolute Gasteiger partial charge is 0.505 e. The molecular formula is C30H23N3O5. The fraction of sp³-hybridized carbons (Fsp3) is 0.0667. The fourth-order valence-corrected chi connectivity index (χ4v) is 4.32. The van der Waals surface area contributed by atoms with E-state index in [0.29, 0.717) is 27.6 Å². The van der Waals surface area contributed by atoms with E-state index in [9.17, 15) is 24.6 Å². The van der Waals surface area contributed by atoms with Crippen LogP contribution in [-0.4, -0.2) is 31.6 Å². The predicted octanol–water partition coefficient (Wildman–Crippen LogP) is 4.45. The highest BCUT2D eigenvalue weighted by atomic mass is 16.4. The smallest absolute Gasteiger partial charge is 0.335 e. The zero-order valence-electron chi connectivity index (χ0n) is 20.2. The van der Waals surface area contributed by atoms with Gasteiger partial charge in [0.25, 0.3) is 11.5 Å². The quantitative estimate of drug-likeness (QED) is 0.301. The summed E-state index contributed by atoms with van der Waals surface area (Å²) in [5, 5.41) is 23.3. The second-order valence-corrected chi connectivity index (χ2v) is 8.74. The van der Waals surface area contributed by atoms with Crippen molar-refractivity contribution >= 4 is 22.8 Å². The SMILES string of the molecule is O=C(O)c1cccc(CNC(=O)c2ncc3c(cc(-c4ccccc4)c(=O)n3Cc3ccccc3)c2O)c1. The van der Waals surface area contributed by atoms with Crippen molar-refractivity contribution < 1.29 is 19.8 Å². The number of amides is 1. The number of aromatic carboxylic acids is 1. The van der Waals surface area contributed by atoms with E-state index >= 15 is 0 Å². The van der Waals surface area contributed by atoms with Crippen LogP contribution < -0.4 is 10.9 Å². The zero-order chi connectivity index (χ0) is 26.6. The number of carboxylic acid groups (broad SMARTS) is 1. The minimum absolute atomic E-state index is 0.0435. The first-order valence-corrected chi connectivity index (χ1v) is 11.9. The number of fused-ring (bicyclic) bond motifs is 1. The summed E-state index contributed by atoms with van der Waals surface area (Å²) < 4.78 is 1.54. The number of hydrogen-bond donors (Lipinski definition) is 3. The van der Waals surface area contributed by atoms with Gasteiger partial charge in [-0.2, -0.15) is 0 Å². The number of carbonyl (C=O) groups is 2. The number of rotatable bonds is 7. The summed E-state index contributed by atoms with van der Waals surface area (Å²) in [5.41, 5.74) is 2.59. The number of aromatic hydroxyl groups is 1. The Hall–Kier alpha value is -5.24.